The van der Waals surface area contributed by atoms with E-state index >= 15 is 0 Å². The van der Waals surface area contributed by atoms with Gasteiger partial charge in [0.2, 0.25) is 0 Å². The van der Waals surface area contributed by atoms with E-state index < -0.39 is 0 Å². The number of hydrogen-bond acceptors (Lipinski definition) is 3. The van der Waals surface area contributed by atoms with Gasteiger partial charge in [-0.05, 0) is 37.8 Å². The first kappa shape index (κ1) is 15.7. The molecule has 0 aromatic heterocycles. The van der Waals surface area contributed by atoms with Crippen LogP contribution in [-0.2, 0) is 4.79 Å². The Labute approximate surface area is 126 Å². The largest absolute Gasteiger partial charge is 0.490 e. The van der Waals surface area contributed by atoms with Gasteiger partial charge >= 0.3 is 0 Å². The van der Waals surface area contributed by atoms with E-state index in [2.05, 4.69) is 12.2 Å². The molecule has 116 valence electrons. The summed E-state index contributed by atoms with van der Waals surface area (Å²) < 4.78 is 11.1. The Morgan fingerprint density at radius 1 is 1.19 bits per heavy atom. The van der Waals surface area contributed by atoms with E-state index in [-0.39, 0.29) is 18.6 Å². The topological polar surface area (TPSA) is 47.6 Å². The first-order valence-electron chi connectivity index (χ1n) is 7.84. The van der Waals surface area contributed by atoms with Crippen LogP contribution in [0, 0.1) is 5.92 Å². The van der Waals surface area contributed by atoms with Gasteiger partial charge in [0.1, 0.15) is 0 Å². The maximum atomic E-state index is 12.0. The van der Waals surface area contributed by atoms with E-state index in [0.717, 1.165) is 6.42 Å². The number of nitrogens with one attached hydrogen (secondary N) is 1. The summed E-state index contributed by atoms with van der Waals surface area (Å²) >= 11 is 0. The van der Waals surface area contributed by atoms with Crippen LogP contribution in [0.25, 0.3) is 0 Å². The molecular weight excluding hydrogens is 266 g/mol. The minimum Gasteiger partial charge on any atom is -0.490 e. The second kappa shape index (κ2) is 7.91. The molecule has 2 atom stereocenters. The number of para-hydroxylation sites is 2. The molecule has 4 heteroatoms. The molecule has 0 bridgehead atoms. The summed E-state index contributed by atoms with van der Waals surface area (Å²) in [6, 6.07) is 7.72. The van der Waals surface area contributed by atoms with Gasteiger partial charge in [-0.1, -0.05) is 31.9 Å². The quantitative estimate of drug-likeness (QED) is 0.876. The van der Waals surface area contributed by atoms with Gasteiger partial charge in [-0.25, -0.2) is 0 Å². The molecule has 0 aliphatic heterocycles. The summed E-state index contributed by atoms with van der Waals surface area (Å²) in [5, 5.41) is 3.09. The van der Waals surface area contributed by atoms with Crippen LogP contribution in [-0.4, -0.2) is 25.2 Å². The monoisotopic (exact) mass is 291 g/mol. The first-order chi connectivity index (χ1) is 10.2. The molecule has 0 heterocycles. The van der Waals surface area contributed by atoms with E-state index in [1.807, 2.05) is 31.2 Å². The van der Waals surface area contributed by atoms with Crippen molar-refractivity contribution in [1.29, 1.82) is 0 Å². The zero-order valence-corrected chi connectivity index (χ0v) is 12.9. The van der Waals surface area contributed by atoms with Crippen LogP contribution in [0.4, 0.5) is 0 Å². The highest BCUT2D eigenvalue weighted by molar-refractivity contribution is 5.78. The number of rotatable bonds is 6. The van der Waals surface area contributed by atoms with Crippen LogP contribution in [0.1, 0.15) is 39.5 Å². The van der Waals surface area contributed by atoms with E-state index in [1.54, 1.807) is 0 Å². The maximum absolute atomic E-state index is 12.0. The van der Waals surface area contributed by atoms with E-state index in [9.17, 15) is 4.79 Å². The van der Waals surface area contributed by atoms with Crippen LogP contribution in [0.15, 0.2) is 24.3 Å². The van der Waals surface area contributed by atoms with Crippen LogP contribution in [0.2, 0.25) is 0 Å². The third-order valence-electron chi connectivity index (χ3n) is 3.97. The summed E-state index contributed by atoms with van der Waals surface area (Å²) in [4.78, 5) is 12.0. The highest BCUT2D eigenvalue weighted by atomic mass is 16.5. The Hall–Kier alpha value is -1.71. The minimum atomic E-state index is -0.0555. The fourth-order valence-corrected chi connectivity index (χ4v) is 2.77. The van der Waals surface area contributed by atoms with Gasteiger partial charge in [0.25, 0.3) is 5.91 Å². The molecule has 2 rings (SSSR count). The zero-order chi connectivity index (χ0) is 15.1. The summed E-state index contributed by atoms with van der Waals surface area (Å²) in [5.41, 5.74) is 0. The predicted molar refractivity (Wildman–Crippen MR) is 82.7 cm³/mol. The SMILES string of the molecule is CCOc1ccccc1OCC(=O)N[C@H]1CCCC[C@@H]1C. The number of carbonyl (C=O) groups is 1. The van der Waals surface area contributed by atoms with Crippen molar-refractivity contribution in [3.63, 3.8) is 0 Å². The standard InChI is InChI=1S/C17H25NO3/c1-3-20-15-10-6-7-11-16(15)21-12-17(19)18-14-9-5-4-8-13(14)2/h6-7,10-11,13-14H,3-5,8-9,12H2,1-2H3,(H,18,19)/t13-,14-/m0/s1. The molecule has 0 spiro atoms. The highest BCUT2D eigenvalue weighted by Gasteiger charge is 2.22. The van der Waals surface area contributed by atoms with Gasteiger partial charge in [-0.2, -0.15) is 0 Å². The number of hydrogen-bond donors (Lipinski definition) is 1. The molecule has 1 fully saturated rings. The average molecular weight is 291 g/mol. The minimum absolute atomic E-state index is 0.0350. The van der Waals surface area contributed by atoms with Crippen LogP contribution in [0.3, 0.4) is 0 Å². The summed E-state index contributed by atoms with van der Waals surface area (Å²) in [6.07, 6.45) is 4.73. The van der Waals surface area contributed by atoms with E-state index in [4.69, 9.17) is 9.47 Å². The maximum Gasteiger partial charge on any atom is 0.258 e. The van der Waals surface area contributed by atoms with Gasteiger partial charge < -0.3 is 14.8 Å². The number of amides is 1. The zero-order valence-electron chi connectivity index (χ0n) is 12.9. The Morgan fingerprint density at radius 2 is 1.86 bits per heavy atom. The number of benzene rings is 1. The molecule has 0 unspecified atom stereocenters. The molecule has 1 aliphatic carbocycles. The van der Waals surface area contributed by atoms with Crippen molar-refractivity contribution in [1.82, 2.24) is 5.32 Å². The molecule has 21 heavy (non-hydrogen) atoms. The van der Waals surface area contributed by atoms with E-state index in [0.29, 0.717) is 24.0 Å². The molecule has 1 aromatic carbocycles. The van der Waals surface area contributed by atoms with Crippen molar-refractivity contribution in [2.75, 3.05) is 13.2 Å². The fourth-order valence-electron chi connectivity index (χ4n) is 2.77. The Kier molecular flexibility index (Phi) is 5.90. The Balaban J connectivity index is 1.83. The molecule has 1 saturated carbocycles. The lowest BCUT2D eigenvalue weighted by molar-refractivity contribution is -0.124. The molecule has 1 N–H and O–H groups in total. The number of carbonyl (C=O) groups excluding carboxylic acids is 1. The Morgan fingerprint density at radius 3 is 2.52 bits per heavy atom. The third-order valence-corrected chi connectivity index (χ3v) is 3.97. The first-order valence-corrected chi connectivity index (χ1v) is 7.84. The summed E-state index contributed by atoms with van der Waals surface area (Å²) in [7, 11) is 0. The Bertz CT molecular complexity index is 461. The highest BCUT2D eigenvalue weighted by Crippen LogP contribution is 2.26. The second-order valence-electron chi connectivity index (χ2n) is 5.60. The summed E-state index contributed by atoms with van der Waals surface area (Å²) in [6.45, 7) is 4.74. The molecule has 0 radical (unpaired) electrons. The fraction of sp³-hybridized carbons (Fsp3) is 0.588. The van der Waals surface area contributed by atoms with Crippen molar-refractivity contribution < 1.29 is 14.3 Å². The van der Waals surface area contributed by atoms with Crippen molar-refractivity contribution >= 4 is 5.91 Å². The van der Waals surface area contributed by atoms with Gasteiger partial charge in [-0.15, -0.1) is 0 Å². The molecule has 1 amide bonds. The third kappa shape index (κ3) is 4.66. The van der Waals surface area contributed by atoms with Crippen molar-refractivity contribution in [3.05, 3.63) is 24.3 Å². The lowest BCUT2D eigenvalue weighted by Gasteiger charge is -2.29. The smallest absolute Gasteiger partial charge is 0.258 e. The molecule has 1 aromatic rings. The van der Waals surface area contributed by atoms with Gasteiger partial charge in [0.15, 0.2) is 18.1 Å². The predicted octanol–water partition coefficient (Wildman–Crippen LogP) is 3.16. The summed E-state index contributed by atoms with van der Waals surface area (Å²) in [5.74, 6) is 1.79. The van der Waals surface area contributed by atoms with Crippen LogP contribution < -0.4 is 14.8 Å². The van der Waals surface area contributed by atoms with Gasteiger partial charge in [-0.3, -0.25) is 4.79 Å². The average Bonchev–Trinajstić information content (AvgIpc) is 2.49. The van der Waals surface area contributed by atoms with Crippen LogP contribution >= 0.6 is 0 Å². The lowest BCUT2D eigenvalue weighted by atomic mass is 9.86. The van der Waals surface area contributed by atoms with Gasteiger partial charge in [0.05, 0.1) is 6.61 Å². The van der Waals surface area contributed by atoms with Crippen molar-refractivity contribution in [2.45, 2.75) is 45.6 Å². The molecule has 0 saturated heterocycles. The lowest BCUT2D eigenvalue weighted by Crippen LogP contribution is -2.43. The molecule has 4 nitrogen and oxygen atoms in total. The van der Waals surface area contributed by atoms with Crippen molar-refractivity contribution in [3.8, 4) is 11.5 Å². The van der Waals surface area contributed by atoms with Crippen molar-refractivity contribution in [2.24, 2.45) is 5.92 Å². The number of ether oxygens (including phenoxy) is 2. The van der Waals surface area contributed by atoms with Crippen LogP contribution in [0.5, 0.6) is 11.5 Å². The second-order valence-corrected chi connectivity index (χ2v) is 5.60. The van der Waals surface area contributed by atoms with E-state index in [1.165, 1.54) is 19.3 Å². The van der Waals surface area contributed by atoms with Gasteiger partial charge in [0, 0.05) is 6.04 Å². The molecule has 1 aliphatic rings. The molecular formula is C17H25NO3. The normalized spacial score (nSPS) is 21.6.